The van der Waals surface area contributed by atoms with Gasteiger partial charge in [0.2, 0.25) is 0 Å². The number of rotatable bonds is 0. The number of benzene rings is 1. The zero-order chi connectivity index (χ0) is 6.69. The normalized spacial score (nSPS) is 7.60. The summed E-state index contributed by atoms with van der Waals surface area (Å²) in [5.74, 6) is 0. The Labute approximate surface area is 71.1 Å². The van der Waals surface area contributed by atoms with Gasteiger partial charge in [-0.15, -0.1) is 17.0 Å². The van der Waals surface area contributed by atoms with Crippen LogP contribution in [0.3, 0.4) is 0 Å². The molecule has 1 nitrogen and oxygen atoms in total. The Morgan fingerprint density at radius 1 is 1.30 bits per heavy atom. The van der Waals surface area contributed by atoms with E-state index in [0.29, 0.717) is 0 Å². The number of hydrogen-bond acceptors (Lipinski definition) is 1. The summed E-state index contributed by atoms with van der Waals surface area (Å²) in [6.45, 7) is 1.93. The highest BCUT2D eigenvalue weighted by molar-refractivity contribution is 8.93. The monoisotopic (exact) mass is 197 g/mol. The van der Waals surface area contributed by atoms with Crippen molar-refractivity contribution in [3.63, 3.8) is 0 Å². The van der Waals surface area contributed by atoms with Crippen molar-refractivity contribution in [1.82, 2.24) is 0 Å². The fourth-order valence-corrected chi connectivity index (χ4v) is 0.698. The predicted molar refractivity (Wildman–Crippen MR) is 46.2 cm³/mol. The number of hydrogen-bond donors (Lipinski definition) is 0. The van der Waals surface area contributed by atoms with Crippen LogP contribution in [0.25, 0.3) is 0 Å². The quantitative estimate of drug-likeness (QED) is 0.628. The predicted octanol–water partition coefficient (Wildman–Crippen LogP) is 2.44. The summed E-state index contributed by atoms with van der Waals surface area (Å²) in [4.78, 5) is 0. The Hall–Kier alpha value is -0.810. The van der Waals surface area contributed by atoms with Crippen LogP contribution in [0.15, 0.2) is 24.3 Å². The van der Waals surface area contributed by atoms with Crippen LogP contribution in [0.1, 0.15) is 11.1 Å². The lowest BCUT2D eigenvalue weighted by Gasteiger charge is -1.90. The van der Waals surface area contributed by atoms with Crippen LogP contribution < -0.4 is 0 Å². The van der Waals surface area contributed by atoms with Crippen molar-refractivity contribution >= 4 is 17.0 Å². The lowest BCUT2D eigenvalue weighted by Crippen LogP contribution is -1.77. The van der Waals surface area contributed by atoms with Crippen molar-refractivity contribution in [2.75, 3.05) is 0 Å². The topological polar surface area (TPSA) is 23.8 Å². The molecule has 0 spiro atoms. The van der Waals surface area contributed by atoms with Gasteiger partial charge in [0, 0.05) is 0 Å². The number of aryl methyl sites for hydroxylation is 1. The minimum atomic E-state index is 0. The molecular weight excluding hydrogens is 190 g/mol. The van der Waals surface area contributed by atoms with Gasteiger partial charge in [-0.2, -0.15) is 5.26 Å². The molecule has 0 atom stereocenters. The molecule has 0 radical (unpaired) electrons. The number of nitrogens with zero attached hydrogens (tertiary/aromatic N) is 1. The van der Waals surface area contributed by atoms with Crippen LogP contribution in [0.2, 0.25) is 0 Å². The molecule has 1 aromatic carbocycles. The molecule has 0 heterocycles. The van der Waals surface area contributed by atoms with Gasteiger partial charge in [0.05, 0.1) is 11.6 Å². The first-order chi connectivity index (χ1) is 4.34. The highest BCUT2D eigenvalue weighted by Crippen LogP contribution is 2.03. The fourth-order valence-electron chi connectivity index (χ4n) is 0.698. The van der Waals surface area contributed by atoms with E-state index in [4.69, 9.17) is 5.26 Å². The summed E-state index contributed by atoms with van der Waals surface area (Å²) >= 11 is 0. The first-order valence-electron chi connectivity index (χ1n) is 2.80. The summed E-state index contributed by atoms with van der Waals surface area (Å²) in [6.07, 6.45) is 0. The summed E-state index contributed by atoms with van der Waals surface area (Å²) in [5.41, 5.74) is 1.80. The van der Waals surface area contributed by atoms with Gasteiger partial charge in [-0.05, 0) is 18.6 Å². The van der Waals surface area contributed by atoms with Crippen LogP contribution in [0.4, 0.5) is 0 Å². The largest absolute Gasteiger partial charge is 0.192 e. The lowest BCUT2D eigenvalue weighted by atomic mass is 10.1. The van der Waals surface area contributed by atoms with Gasteiger partial charge in [-0.25, -0.2) is 0 Å². The molecule has 0 saturated carbocycles. The van der Waals surface area contributed by atoms with Gasteiger partial charge in [0.15, 0.2) is 0 Å². The standard InChI is InChI=1S/C8H7N.BrH/c1-7-4-2-3-5-8(7)6-9;/h2-5H,1H3;1H. The van der Waals surface area contributed by atoms with Gasteiger partial charge in [0.25, 0.3) is 0 Å². The highest BCUT2D eigenvalue weighted by Gasteiger charge is 1.89. The minimum absolute atomic E-state index is 0. The zero-order valence-electron chi connectivity index (χ0n) is 5.66. The summed E-state index contributed by atoms with van der Waals surface area (Å²) in [7, 11) is 0. The molecule has 0 N–H and O–H groups in total. The van der Waals surface area contributed by atoms with Crippen LogP contribution >= 0.6 is 17.0 Å². The Bertz CT molecular complexity index is 250. The molecule has 52 valence electrons. The minimum Gasteiger partial charge on any atom is -0.192 e. The molecule has 0 saturated heterocycles. The number of nitriles is 1. The molecular formula is C8H8BrN. The Morgan fingerprint density at radius 2 is 1.90 bits per heavy atom. The van der Waals surface area contributed by atoms with E-state index in [1.54, 1.807) is 0 Å². The van der Waals surface area contributed by atoms with E-state index >= 15 is 0 Å². The molecule has 2 heteroatoms. The van der Waals surface area contributed by atoms with Crippen molar-refractivity contribution in [2.45, 2.75) is 6.92 Å². The molecule has 0 amide bonds. The molecule has 0 bridgehead atoms. The Balaban J connectivity index is 0.000000810. The third kappa shape index (κ3) is 1.85. The summed E-state index contributed by atoms with van der Waals surface area (Å²) in [5, 5.41) is 8.47. The lowest BCUT2D eigenvalue weighted by molar-refractivity contribution is 1.39. The van der Waals surface area contributed by atoms with Crippen LogP contribution in [0.5, 0.6) is 0 Å². The maximum Gasteiger partial charge on any atom is 0.0994 e. The van der Waals surface area contributed by atoms with Crippen molar-refractivity contribution in [1.29, 1.82) is 5.26 Å². The highest BCUT2D eigenvalue weighted by atomic mass is 79.9. The molecule has 0 aromatic heterocycles. The first kappa shape index (κ1) is 9.19. The van der Waals surface area contributed by atoms with Crippen LogP contribution in [-0.2, 0) is 0 Å². The smallest absolute Gasteiger partial charge is 0.0994 e. The second kappa shape index (κ2) is 4.08. The number of halogens is 1. The molecule has 0 unspecified atom stereocenters. The van der Waals surface area contributed by atoms with E-state index in [1.165, 1.54) is 0 Å². The van der Waals surface area contributed by atoms with E-state index in [-0.39, 0.29) is 17.0 Å². The summed E-state index contributed by atoms with van der Waals surface area (Å²) in [6, 6.07) is 9.63. The van der Waals surface area contributed by atoms with E-state index in [2.05, 4.69) is 6.07 Å². The molecule has 0 fully saturated rings. The Morgan fingerprint density at radius 3 is 2.30 bits per heavy atom. The average molecular weight is 198 g/mol. The molecule has 1 aromatic rings. The van der Waals surface area contributed by atoms with Gasteiger partial charge >= 0.3 is 0 Å². The van der Waals surface area contributed by atoms with Crippen molar-refractivity contribution in [3.05, 3.63) is 35.4 Å². The van der Waals surface area contributed by atoms with Crippen molar-refractivity contribution < 1.29 is 0 Å². The Kier molecular flexibility index (Phi) is 3.75. The SMILES string of the molecule is Br.Cc1ccccc1C#N. The molecule has 0 aliphatic rings. The molecule has 1 rings (SSSR count). The van der Waals surface area contributed by atoms with E-state index in [9.17, 15) is 0 Å². The average Bonchev–Trinajstić information content (AvgIpc) is 1.89. The second-order valence-electron chi connectivity index (χ2n) is 1.93. The van der Waals surface area contributed by atoms with Gasteiger partial charge in [-0.3, -0.25) is 0 Å². The van der Waals surface area contributed by atoms with Crippen LogP contribution in [0, 0.1) is 18.3 Å². The molecule has 0 aliphatic heterocycles. The van der Waals surface area contributed by atoms with Gasteiger partial charge < -0.3 is 0 Å². The fraction of sp³-hybridized carbons (Fsp3) is 0.125. The van der Waals surface area contributed by atoms with E-state index in [0.717, 1.165) is 11.1 Å². The molecule has 10 heavy (non-hydrogen) atoms. The summed E-state index contributed by atoms with van der Waals surface area (Å²) < 4.78 is 0. The van der Waals surface area contributed by atoms with Crippen LogP contribution in [-0.4, -0.2) is 0 Å². The third-order valence-electron chi connectivity index (χ3n) is 1.27. The van der Waals surface area contributed by atoms with E-state index in [1.807, 2.05) is 31.2 Å². The third-order valence-corrected chi connectivity index (χ3v) is 1.27. The molecule has 0 aliphatic carbocycles. The second-order valence-corrected chi connectivity index (χ2v) is 1.93. The maximum absolute atomic E-state index is 8.47. The first-order valence-corrected chi connectivity index (χ1v) is 2.80. The van der Waals surface area contributed by atoms with Crippen molar-refractivity contribution in [3.8, 4) is 6.07 Å². The van der Waals surface area contributed by atoms with Gasteiger partial charge in [-0.1, -0.05) is 18.2 Å². The van der Waals surface area contributed by atoms with E-state index < -0.39 is 0 Å². The maximum atomic E-state index is 8.47. The van der Waals surface area contributed by atoms with Gasteiger partial charge in [0.1, 0.15) is 0 Å². The zero-order valence-corrected chi connectivity index (χ0v) is 7.38. The van der Waals surface area contributed by atoms with Crippen molar-refractivity contribution in [2.24, 2.45) is 0 Å².